The van der Waals surface area contributed by atoms with E-state index in [1.165, 1.54) is 6.07 Å². The molecule has 0 saturated heterocycles. The van der Waals surface area contributed by atoms with Gasteiger partial charge >= 0.3 is 0 Å². The molecular formula is C13H21FN2O2. The Morgan fingerprint density at radius 2 is 1.78 bits per heavy atom. The van der Waals surface area contributed by atoms with E-state index >= 15 is 0 Å². The van der Waals surface area contributed by atoms with Crippen LogP contribution in [-0.2, 0) is 16.0 Å². The Morgan fingerprint density at radius 3 is 2.28 bits per heavy atom. The van der Waals surface area contributed by atoms with E-state index in [2.05, 4.69) is 4.90 Å². The monoisotopic (exact) mass is 256 g/mol. The van der Waals surface area contributed by atoms with E-state index in [0.29, 0.717) is 44.1 Å². The second kappa shape index (κ2) is 8.02. The zero-order chi connectivity index (χ0) is 13.4. The van der Waals surface area contributed by atoms with Gasteiger partial charge in [-0.3, -0.25) is 4.90 Å². The van der Waals surface area contributed by atoms with Crippen molar-refractivity contribution in [1.29, 1.82) is 0 Å². The van der Waals surface area contributed by atoms with Crippen LogP contribution in [0.1, 0.15) is 5.56 Å². The lowest BCUT2D eigenvalue weighted by Gasteiger charge is -2.22. The van der Waals surface area contributed by atoms with Gasteiger partial charge in [0, 0.05) is 45.1 Å². The first kappa shape index (κ1) is 14.9. The molecule has 0 spiro atoms. The molecule has 1 aromatic rings. The Hall–Kier alpha value is -1.17. The summed E-state index contributed by atoms with van der Waals surface area (Å²) >= 11 is 0. The van der Waals surface area contributed by atoms with E-state index in [1.54, 1.807) is 26.4 Å². The molecule has 0 atom stereocenters. The SMILES string of the molecule is COCCN(CCOC)Cc1c(N)cccc1F. The molecule has 0 aliphatic heterocycles. The molecule has 0 aliphatic carbocycles. The van der Waals surface area contributed by atoms with Gasteiger partial charge in [0.15, 0.2) is 0 Å². The average Bonchev–Trinajstić information content (AvgIpc) is 2.36. The highest BCUT2D eigenvalue weighted by Crippen LogP contribution is 2.17. The smallest absolute Gasteiger partial charge is 0.129 e. The van der Waals surface area contributed by atoms with Crippen LogP contribution in [0.15, 0.2) is 18.2 Å². The van der Waals surface area contributed by atoms with E-state index in [4.69, 9.17) is 15.2 Å². The molecule has 0 bridgehead atoms. The molecule has 0 aromatic heterocycles. The van der Waals surface area contributed by atoms with E-state index in [9.17, 15) is 4.39 Å². The van der Waals surface area contributed by atoms with Gasteiger partial charge in [-0.15, -0.1) is 0 Å². The Kier molecular flexibility index (Phi) is 6.64. The number of hydrogen-bond acceptors (Lipinski definition) is 4. The number of anilines is 1. The van der Waals surface area contributed by atoms with Crippen LogP contribution >= 0.6 is 0 Å². The van der Waals surface area contributed by atoms with Crippen molar-refractivity contribution in [3.8, 4) is 0 Å². The zero-order valence-corrected chi connectivity index (χ0v) is 11.0. The molecular weight excluding hydrogens is 235 g/mol. The Bertz CT molecular complexity index is 333. The van der Waals surface area contributed by atoms with Gasteiger partial charge < -0.3 is 15.2 Å². The second-order valence-corrected chi connectivity index (χ2v) is 4.07. The fourth-order valence-electron chi connectivity index (χ4n) is 1.68. The van der Waals surface area contributed by atoms with Crippen LogP contribution in [0.4, 0.5) is 10.1 Å². The van der Waals surface area contributed by atoms with Crippen molar-refractivity contribution >= 4 is 5.69 Å². The van der Waals surface area contributed by atoms with Crippen molar-refractivity contribution in [1.82, 2.24) is 4.90 Å². The van der Waals surface area contributed by atoms with Gasteiger partial charge in [-0.25, -0.2) is 4.39 Å². The summed E-state index contributed by atoms with van der Waals surface area (Å²) in [5.74, 6) is -0.269. The highest BCUT2D eigenvalue weighted by molar-refractivity contribution is 5.47. The second-order valence-electron chi connectivity index (χ2n) is 4.07. The molecule has 0 unspecified atom stereocenters. The number of methoxy groups -OCH3 is 2. The van der Waals surface area contributed by atoms with Gasteiger partial charge in [0.2, 0.25) is 0 Å². The maximum absolute atomic E-state index is 13.7. The lowest BCUT2D eigenvalue weighted by atomic mass is 10.1. The number of ether oxygens (including phenoxy) is 2. The van der Waals surface area contributed by atoms with Gasteiger partial charge in [0.1, 0.15) is 5.82 Å². The molecule has 0 amide bonds. The van der Waals surface area contributed by atoms with Gasteiger partial charge in [-0.2, -0.15) is 0 Å². The molecule has 0 saturated carbocycles. The number of hydrogen-bond donors (Lipinski definition) is 1. The highest BCUT2D eigenvalue weighted by Gasteiger charge is 2.11. The summed E-state index contributed by atoms with van der Waals surface area (Å²) in [6, 6.07) is 4.75. The molecule has 5 heteroatoms. The standard InChI is InChI=1S/C13H21FN2O2/c1-17-8-6-16(7-9-18-2)10-11-12(14)4-3-5-13(11)15/h3-5H,6-10,15H2,1-2H3. The molecule has 1 aromatic carbocycles. The molecule has 4 nitrogen and oxygen atoms in total. The normalized spacial score (nSPS) is 11.1. The molecule has 0 heterocycles. The predicted octanol–water partition coefficient (Wildman–Crippen LogP) is 1.50. The average molecular weight is 256 g/mol. The van der Waals surface area contributed by atoms with Gasteiger partial charge in [-0.1, -0.05) is 6.07 Å². The number of benzene rings is 1. The minimum atomic E-state index is -0.269. The van der Waals surface area contributed by atoms with Crippen LogP contribution < -0.4 is 5.73 Å². The lowest BCUT2D eigenvalue weighted by molar-refractivity contribution is 0.109. The van der Waals surface area contributed by atoms with Crippen LogP contribution in [0.3, 0.4) is 0 Å². The Labute approximate surface area is 107 Å². The fourth-order valence-corrected chi connectivity index (χ4v) is 1.68. The molecule has 1 rings (SSSR count). The van der Waals surface area contributed by atoms with Crippen molar-refractivity contribution < 1.29 is 13.9 Å². The number of halogens is 1. The molecule has 0 aliphatic rings. The Balaban J connectivity index is 2.68. The van der Waals surface area contributed by atoms with Crippen molar-refractivity contribution in [2.45, 2.75) is 6.54 Å². The predicted molar refractivity (Wildman–Crippen MR) is 69.8 cm³/mol. The molecule has 0 radical (unpaired) electrons. The van der Waals surface area contributed by atoms with Crippen LogP contribution in [0, 0.1) is 5.82 Å². The quantitative estimate of drug-likeness (QED) is 0.716. The zero-order valence-electron chi connectivity index (χ0n) is 11.0. The van der Waals surface area contributed by atoms with Gasteiger partial charge in [0.25, 0.3) is 0 Å². The minimum Gasteiger partial charge on any atom is -0.398 e. The minimum absolute atomic E-state index is 0.269. The summed E-state index contributed by atoms with van der Waals surface area (Å²) in [5, 5.41) is 0. The first-order chi connectivity index (χ1) is 8.69. The third-order valence-corrected chi connectivity index (χ3v) is 2.76. The van der Waals surface area contributed by atoms with E-state index in [-0.39, 0.29) is 5.82 Å². The fraction of sp³-hybridized carbons (Fsp3) is 0.538. The van der Waals surface area contributed by atoms with E-state index in [0.717, 1.165) is 0 Å². The maximum atomic E-state index is 13.7. The largest absolute Gasteiger partial charge is 0.398 e. The van der Waals surface area contributed by atoms with Crippen LogP contribution in [0.5, 0.6) is 0 Å². The van der Waals surface area contributed by atoms with Crippen molar-refractivity contribution in [2.75, 3.05) is 46.3 Å². The number of nitrogens with two attached hydrogens (primary N) is 1. The Morgan fingerprint density at radius 1 is 1.17 bits per heavy atom. The van der Waals surface area contributed by atoms with Gasteiger partial charge in [0.05, 0.1) is 13.2 Å². The van der Waals surface area contributed by atoms with E-state index in [1.807, 2.05) is 0 Å². The lowest BCUT2D eigenvalue weighted by Crippen LogP contribution is -2.31. The first-order valence-corrected chi connectivity index (χ1v) is 5.92. The van der Waals surface area contributed by atoms with Crippen molar-refractivity contribution in [3.05, 3.63) is 29.6 Å². The van der Waals surface area contributed by atoms with Crippen LogP contribution in [0.2, 0.25) is 0 Å². The summed E-state index contributed by atoms with van der Waals surface area (Å²) in [4.78, 5) is 2.06. The third-order valence-electron chi connectivity index (χ3n) is 2.76. The highest BCUT2D eigenvalue weighted by atomic mass is 19.1. The topological polar surface area (TPSA) is 47.7 Å². The summed E-state index contributed by atoms with van der Waals surface area (Å²) in [6.07, 6.45) is 0. The molecule has 18 heavy (non-hydrogen) atoms. The summed E-state index contributed by atoms with van der Waals surface area (Å²) in [5.41, 5.74) is 6.81. The van der Waals surface area contributed by atoms with Gasteiger partial charge in [-0.05, 0) is 12.1 Å². The van der Waals surface area contributed by atoms with Crippen LogP contribution in [0.25, 0.3) is 0 Å². The van der Waals surface area contributed by atoms with Crippen LogP contribution in [-0.4, -0.2) is 45.4 Å². The third kappa shape index (κ3) is 4.60. The van der Waals surface area contributed by atoms with E-state index < -0.39 is 0 Å². The van der Waals surface area contributed by atoms with Crippen molar-refractivity contribution in [2.24, 2.45) is 0 Å². The number of rotatable bonds is 8. The summed E-state index contributed by atoms with van der Waals surface area (Å²) in [6.45, 7) is 3.09. The summed E-state index contributed by atoms with van der Waals surface area (Å²) in [7, 11) is 3.29. The maximum Gasteiger partial charge on any atom is 0.129 e. The molecule has 0 fully saturated rings. The van der Waals surface area contributed by atoms with Crippen molar-refractivity contribution in [3.63, 3.8) is 0 Å². The number of nitrogen functional groups attached to an aromatic ring is 1. The first-order valence-electron chi connectivity index (χ1n) is 5.92. The number of nitrogens with zero attached hydrogens (tertiary/aromatic N) is 1. The molecule has 102 valence electrons. The summed E-state index contributed by atoms with van der Waals surface area (Å²) < 4.78 is 23.8. The molecule has 2 N–H and O–H groups in total.